The average Bonchev–Trinajstić information content (AvgIpc) is 2.29. The van der Waals surface area contributed by atoms with Crippen molar-refractivity contribution in [3.63, 3.8) is 0 Å². The normalized spacial score (nSPS) is 11.6. The summed E-state index contributed by atoms with van der Waals surface area (Å²) in [6.07, 6.45) is 0. The van der Waals surface area contributed by atoms with Gasteiger partial charge in [0.1, 0.15) is 0 Å². The van der Waals surface area contributed by atoms with Gasteiger partial charge in [-0.05, 0) is 26.1 Å². The summed E-state index contributed by atoms with van der Waals surface area (Å²) in [6.45, 7) is 5.30. The molecular weight excluding hydrogens is 162 g/mol. The van der Waals surface area contributed by atoms with Crippen molar-refractivity contribution in [2.75, 3.05) is 14.1 Å². The van der Waals surface area contributed by atoms with Crippen LogP contribution in [-0.4, -0.2) is 28.8 Å². The van der Waals surface area contributed by atoms with Gasteiger partial charge in [0.05, 0.1) is 5.69 Å². The number of aromatic nitrogens is 2. The molecule has 0 N–H and O–H groups in total. The Labute approximate surface area is 80.4 Å². The van der Waals surface area contributed by atoms with Gasteiger partial charge in [-0.1, -0.05) is 13.8 Å². The van der Waals surface area contributed by atoms with E-state index in [0.29, 0.717) is 5.92 Å². The van der Waals surface area contributed by atoms with E-state index >= 15 is 0 Å². The molecule has 74 valence electrons. The lowest BCUT2D eigenvalue weighted by Gasteiger charge is -2.05. The molecule has 0 atom stereocenters. The van der Waals surface area contributed by atoms with Crippen LogP contribution in [-0.2, 0) is 13.6 Å². The van der Waals surface area contributed by atoms with Crippen molar-refractivity contribution in [1.82, 2.24) is 14.7 Å². The van der Waals surface area contributed by atoms with E-state index in [1.807, 2.05) is 11.7 Å². The van der Waals surface area contributed by atoms with Crippen molar-refractivity contribution in [3.8, 4) is 0 Å². The Bertz CT molecular complexity index is 274. The predicted molar refractivity (Wildman–Crippen MR) is 54.7 cm³/mol. The zero-order chi connectivity index (χ0) is 10.0. The molecule has 0 radical (unpaired) electrons. The van der Waals surface area contributed by atoms with E-state index in [1.165, 1.54) is 5.69 Å². The average molecular weight is 181 g/mol. The van der Waals surface area contributed by atoms with Gasteiger partial charge in [0.25, 0.3) is 0 Å². The third kappa shape index (κ3) is 2.56. The number of aryl methyl sites for hydroxylation is 1. The summed E-state index contributed by atoms with van der Waals surface area (Å²) in [5.41, 5.74) is 2.45. The van der Waals surface area contributed by atoms with Crippen LogP contribution in [0.1, 0.15) is 31.2 Å². The highest BCUT2D eigenvalue weighted by Gasteiger charge is 2.08. The van der Waals surface area contributed by atoms with Gasteiger partial charge in [-0.3, -0.25) is 4.68 Å². The van der Waals surface area contributed by atoms with Crippen molar-refractivity contribution < 1.29 is 0 Å². The second-order valence-corrected chi connectivity index (χ2v) is 4.08. The number of hydrogen-bond donors (Lipinski definition) is 0. The predicted octanol–water partition coefficient (Wildman–Crippen LogP) is 1.61. The highest BCUT2D eigenvalue weighted by atomic mass is 15.3. The summed E-state index contributed by atoms with van der Waals surface area (Å²) < 4.78 is 1.98. The maximum Gasteiger partial charge on any atom is 0.0767 e. The molecule has 0 unspecified atom stereocenters. The van der Waals surface area contributed by atoms with Crippen molar-refractivity contribution in [2.45, 2.75) is 26.3 Å². The molecular formula is C10H19N3. The Kier molecular flexibility index (Phi) is 3.09. The minimum atomic E-state index is 0.549. The van der Waals surface area contributed by atoms with Gasteiger partial charge < -0.3 is 4.90 Å². The molecule has 0 saturated carbocycles. The molecule has 0 aromatic carbocycles. The van der Waals surface area contributed by atoms with Gasteiger partial charge in [-0.25, -0.2) is 0 Å². The lowest BCUT2D eigenvalue weighted by atomic mass is 10.1. The van der Waals surface area contributed by atoms with E-state index in [0.717, 1.165) is 12.2 Å². The van der Waals surface area contributed by atoms with Crippen molar-refractivity contribution in [1.29, 1.82) is 0 Å². The van der Waals surface area contributed by atoms with Crippen molar-refractivity contribution in [2.24, 2.45) is 7.05 Å². The fourth-order valence-corrected chi connectivity index (χ4v) is 1.48. The third-order valence-electron chi connectivity index (χ3n) is 2.04. The minimum Gasteiger partial charge on any atom is -0.304 e. The summed E-state index contributed by atoms with van der Waals surface area (Å²) in [5, 5.41) is 4.45. The van der Waals surface area contributed by atoms with Gasteiger partial charge in [-0.2, -0.15) is 5.10 Å². The Morgan fingerprint density at radius 1 is 1.46 bits per heavy atom. The molecule has 0 fully saturated rings. The van der Waals surface area contributed by atoms with Crippen LogP contribution in [0.15, 0.2) is 6.07 Å². The van der Waals surface area contributed by atoms with Gasteiger partial charge in [0.15, 0.2) is 0 Å². The summed E-state index contributed by atoms with van der Waals surface area (Å²) in [6, 6.07) is 2.19. The van der Waals surface area contributed by atoms with E-state index in [4.69, 9.17) is 0 Å². The number of nitrogens with zero attached hydrogens (tertiary/aromatic N) is 3. The molecule has 0 aliphatic rings. The van der Waals surface area contributed by atoms with Crippen LogP contribution in [0.4, 0.5) is 0 Å². The molecule has 0 aliphatic carbocycles. The zero-order valence-corrected chi connectivity index (χ0v) is 9.20. The van der Waals surface area contributed by atoms with Gasteiger partial charge >= 0.3 is 0 Å². The van der Waals surface area contributed by atoms with E-state index < -0.39 is 0 Å². The third-order valence-corrected chi connectivity index (χ3v) is 2.04. The van der Waals surface area contributed by atoms with E-state index in [2.05, 4.69) is 44.0 Å². The highest BCUT2D eigenvalue weighted by Crippen LogP contribution is 2.14. The monoisotopic (exact) mass is 181 g/mol. The summed E-state index contributed by atoms with van der Waals surface area (Å²) in [5.74, 6) is 0.549. The fraction of sp³-hybridized carbons (Fsp3) is 0.700. The van der Waals surface area contributed by atoms with Crippen LogP contribution in [0.25, 0.3) is 0 Å². The van der Waals surface area contributed by atoms with E-state index in [9.17, 15) is 0 Å². The number of hydrogen-bond acceptors (Lipinski definition) is 2. The van der Waals surface area contributed by atoms with Gasteiger partial charge in [0.2, 0.25) is 0 Å². The maximum absolute atomic E-state index is 4.45. The van der Waals surface area contributed by atoms with Crippen molar-refractivity contribution in [3.05, 3.63) is 17.5 Å². The second-order valence-electron chi connectivity index (χ2n) is 4.08. The lowest BCUT2D eigenvalue weighted by Crippen LogP contribution is -2.11. The number of rotatable bonds is 3. The molecule has 1 aromatic heterocycles. The molecule has 0 spiro atoms. The lowest BCUT2D eigenvalue weighted by molar-refractivity contribution is 0.394. The van der Waals surface area contributed by atoms with Gasteiger partial charge in [-0.15, -0.1) is 0 Å². The summed E-state index contributed by atoms with van der Waals surface area (Å²) in [4.78, 5) is 2.13. The van der Waals surface area contributed by atoms with Gasteiger partial charge in [0, 0.05) is 19.3 Å². The van der Waals surface area contributed by atoms with Crippen LogP contribution in [0.5, 0.6) is 0 Å². The minimum absolute atomic E-state index is 0.549. The SMILES string of the molecule is CC(C)c1cc(CN(C)C)nn1C. The van der Waals surface area contributed by atoms with Crippen LogP contribution >= 0.6 is 0 Å². The molecule has 3 nitrogen and oxygen atoms in total. The smallest absolute Gasteiger partial charge is 0.0767 e. The van der Waals surface area contributed by atoms with E-state index in [1.54, 1.807) is 0 Å². The summed E-state index contributed by atoms with van der Waals surface area (Å²) >= 11 is 0. The molecule has 1 heterocycles. The first kappa shape index (κ1) is 10.3. The first-order chi connectivity index (χ1) is 6.00. The topological polar surface area (TPSA) is 21.1 Å². The molecule has 1 rings (SSSR count). The molecule has 13 heavy (non-hydrogen) atoms. The second kappa shape index (κ2) is 3.92. The Morgan fingerprint density at radius 3 is 2.46 bits per heavy atom. The molecule has 0 saturated heterocycles. The van der Waals surface area contributed by atoms with E-state index in [-0.39, 0.29) is 0 Å². The van der Waals surface area contributed by atoms with Crippen LogP contribution in [0.2, 0.25) is 0 Å². The summed E-state index contributed by atoms with van der Waals surface area (Å²) in [7, 11) is 6.13. The fourth-order valence-electron chi connectivity index (χ4n) is 1.48. The Balaban J connectivity index is 2.82. The Morgan fingerprint density at radius 2 is 2.08 bits per heavy atom. The quantitative estimate of drug-likeness (QED) is 0.706. The standard InChI is InChI=1S/C10H19N3/c1-8(2)10-6-9(7-12(3)4)11-13(10)5/h6,8H,7H2,1-5H3. The van der Waals surface area contributed by atoms with Crippen LogP contribution in [0.3, 0.4) is 0 Å². The molecule has 1 aromatic rings. The molecule has 0 bridgehead atoms. The molecule has 3 heteroatoms. The molecule has 0 aliphatic heterocycles. The van der Waals surface area contributed by atoms with Crippen LogP contribution in [0, 0.1) is 0 Å². The Hall–Kier alpha value is -0.830. The highest BCUT2D eigenvalue weighted by molar-refractivity contribution is 5.13. The molecule has 0 amide bonds. The first-order valence-electron chi connectivity index (χ1n) is 4.68. The first-order valence-corrected chi connectivity index (χ1v) is 4.68. The largest absolute Gasteiger partial charge is 0.304 e. The van der Waals surface area contributed by atoms with Crippen molar-refractivity contribution >= 4 is 0 Å². The van der Waals surface area contributed by atoms with Crippen LogP contribution < -0.4 is 0 Å². The maximum atomic E-state index is 4.45. The zero-order valence-electron chi connectivity index (χ0n) is 9.20.